The van der Waals surface area contributed by atoms with Crippen LogP contribution in [0.5, 0.6) is 0 Å². The fourth-order valence-corrected chi connectivity index (χ4v) is 4.95. The van der Waals surface area contributed by atoms with Crippen LogP contribution in [0.1, 0.15) is 75.7 Å². The number of nitrogens with zero attached hydrogens (tertiary/aromatic N) is 2. The number of Topliss-reactive ketones (excluding diaryl/α,β-unsaturated/α-hetero) is 1. The number of carbonyl (C=O) groups is 3. The summed E-state index contributed by atoms with van der Waals surface area (Å²) in [5, 5.41) is 0. The van der Waals surface area contributed by atoms with Crippen LogP contribution in [0.3, 0.4) is 0 Å². The van der Waals surface area contributed by atoms with Crippen molar-refractivity contribution in [3.63, 3.8) is 0 Å². The molecule has 1 saturated carbocycles. The Morgan fingerprint density at radius 1 is 1.03 bits per heavy atom. The Balaban J connectivity index is 1.82. The van der Waals surface area contributed by atoms with Gasteiger partial charge in [-0.3, -0.25) is 9.59 Å². The summed E-state index contributed by atoms with van der Waals surface area (Å²) in [6, 6.07) is 14.2. The van der Waals surface area contributed by atoms with Gasteiger partial charge >= 0.3 is 5.97 Å². The number of hydrogen-bond acceptors (Lipinski definition) is 5. The van der Waals surface area contributed by atoms with Crippen molar-refractivity contribution in [2.45, 2.75) is 70.9 Å². The number of imidazole rings is 1. The minimum Gasteiger partial charge on any atom is -0.447 e. The molecule has 1 aliphatic rings. The molecule has 0 saturated heterocycles. The lowest BCUT2D eigenvalue weighted by atomic mass is 9.84. The van der Waals surface area contributed by atoms with Gasteiger partial charge in [0, 0.05) is 11.1 Å². The fraction of sp³-hybridized carbons (Fsp3) is 0.429. The zero-order chi connectivity index (χ0) is 25.2. The lowest BCUT2D eigenvalue weighted by Gasteiger charge is -2.35. The van der Waals surface area contributed by atoms with Crippen LogP contribution in [0.2, 0.25) is 0 Å². The third kappa shape index (κ3) is 4.99. The Labute approximate surface area is 205 Å². The Morgan fingerprint density at radius 3 is 2.29 bits per heavy atom. The molecule has 2 aromatic carbocycles. The monoisotopic (exact) mass is 475 g/mol. The predicted octanol–water partition coefficient (Wildman–Crippen LogP) is 5.22. The van der Waals surface area contributed by atoms with Crippen molar-refractivity contribution in [1.82, 2.24) is 9.55 Å². The normalized spacial score (nSPS) is 16.2. The minimum absolute atomic E-state index is 0.0180. The van der Waals surface area contributed by atoms with Gasteiger partial charge in [0.15, 0.2) is 11.4 Å². The van der Waals surface area contributed by atoms with E-state index in [1.807, 2.05) is 54.8 Å². The summed E-state index contributed by atoms with van der Waals surface area (Å²) >= 11 is 0. The zero-order valence-electron chi connectivity index (χ0n) is 20.6. The number of aromatic nitrogens is 2. The summed E-state index contributed by atoms with van der Waals surface area (Å²) in [7, 11) is 0. The molecule has 4 rings (SSSR count). The first kappa shape index (κ1) is 24.6. The summed E-state index contributed by atoms with van der Waals surface area (Å²) in [6.45, 7) is 5.62. The second-order valence-electron chi connectivity index (χ2n) is 9.91. The first-order chi connectivity index (χ1) is 16.7. The molecule has 7 nitrogen and oxygen atoms in total. The molecule has 1 atom stereocenters. The topological polar surface area (TPSA) is 104 Å². The lowest BCUT2D eigenvalue weighted by molar-refractivity contribution is -0.174. The molecule has 0 spiro atoms. The summed E-state index contributed by atoms with van der Waals surface area (Å²) in [4.78, 5) is 42.9. The van der Waals surface area contributed by atoms with Crippen LogP contribution in [-0.4, -0.2) is 32.8 Å². The second-order valence-corrected chi connectivity index (χ2v) is 9.91. The van der Waals surface area contributed by atoms with Crippen LogP contribution < -0.4 is 5.73 Å². The van der Waals surface area contributed by atoms with Crippen LogP contribution in [-0.2, 0) is 14.3 Å². The largest absolute Gasteiger partial charge is 0.447 e. The lowest BCUT2D eigenvalue weighted by Crippen LogP contribution is -2.50. The van der Waals surface area contributed by atoms with Gasteiger partial charge in [0.2, 0.25) is 0 Å². The van der Waals surface area contributed by atoms with Crippen molar-refractivity contribution in [3.05, 3.63) is 54.1 Å². The smallest absolute Gasteiger partial charge is 0.330 e. The van der Waals surface area contributed by atoms with Gasteiger partial charge < -0.3 is 15.0 Å². The number of benzene rings is 2. The zero-order valence-corrected chi connectivity index (χ0v) is 20.6. The molecule has 1 aromatic heterocycles. The number of nitrogens with two attached hydrogens (primary N) is 1. The van der Waals surface area contributed by atoms with Crippen molar-refractivity contribution >= 4 is 28.7 Å². The van der Waals surface area contributed by atoms with E-state index in [9.17, 15) is 14.4 Å². The number of ether oxygens (including phenoxy) is 1. The molecule has 1 aliphatic carbocycles. The number of esters is 1. The predicted molar refractivity (Wildman–Crippen MR) is 135 cm³/mol. The van der Waals surface area contributed by atoms with E-state index in [0.717, 1.165) is 35.9 Å². The van der Waals surface area contributed by atoms with E-state index < -0.39 is 23.5 Å². The number of carbonyl (C=O) groups excluding carboxylic acids is 3. The van der Waals surface area contributed by atoms with E-state index in [1.54, 1.807) is 12.1 Å². The van der Waals surface area contributed by atoms with Gasteiger partial charge in [-0.2, -0.15) is 0 Å². The van der Waals surface area contributed by atoms with Gasteiger partial charge in [-0.15, -0.1) is 0 Å². The van der Waals surface area contributed by atoms with Crippen LogP contribution in [0.25, 0.3) is 22.4 Å². The minimum atomic E-state index is -1.26. The molecule has 35 heavy (non-hydrogen) atoms. The van der Waals surface area contributed by atoms with E-state index in [0.29, 0.717) is 30.7 Å². The second kappa shape index (κ2) is 10.0. The van der Waals surface area contributed by atoms with E-state index in [4.69, 9.17) is 15.5 Å². The third-order valence-electron chi connectivity index (χ3n) is 6.83. The molecule has 7 heteroatoms. The Hall–Kier alpha value is -3.48. The fourth-order valence-electron chi connectivity index (χ4n) is 4.95. The highest BCUT2D eigenvalue weighted by molar-refractivity contribution is 5.94. The summed E-state index contributed by atoms with van der Waals surface area (Å²) in [6.07, 6.45) is 4.00. The molecule has 0 aliphatic heterocycles. The van der Waals surface area contributed by atoms with Crippen LogP contribution in [0, 0.1) is 5.92 Å². The van der Waals surface area contributed by atoms with Gasteiger partial charge in [0.25, 0.3) is 5.91 Å². The van der Waals surface area contributed by atoms with E-state index in [2.05, 4.69) is 0 Å². The number of primary amides is 1. The highest BCUT2D eigenvalue weighted by Gasteiger charge is 2.43. The molecular weight excluding hydrogens is 442 g/mol. The van der Waals surface area contributed by atoms with E-state index in [1.165, 1.54) is 6.92 Å². The average Bonchev–Trinajstić information content (AvgIpc) is 3.22. The first-order valence-electron chi connectivity index (χ1n) is 12.3. The average molecular weight is 476 g/mol. The maximum absolute atomic E-state index is 13.8. The van der Waals surface area contributed by atoms with Crippen molar-refractivity contribution in [2.24, 2.45) is 11.7 Å². The number of fused-ring (bicyclic) bond motifs is 1. The number of rotatable bonds is 8. The summed E-state index contributed by atoms with van der Waals surface area (Å²) < 4.78 is 7.93. The van der Waals surface area contributed by atoms with Gasteiger partial charge in [-0.05, 0) is 57.1 Å². The van der Waals surface area contributed by atoms with Crippen LogP contribution in [0.4, 0.5) is 0 Å². The molecule has 1 heterocycles. The molecule has 184 valence electrons. The molecule has 1 unspecified atom stereocenters. The van der Waals surface area contributed by atoms with Gasteiger partial charge in [-0.1, -0.05) is 56.7 Å². The van der Waals surface area contributed by atoms with Crippen molar-refractivity contribution in [1.29, 1.82) is 0 Å². The standard InChI is InChI=1S/C28H33N3O4/c1-18(2)17-24(26(33)35-28(27(29)34)15-7-4-8-16-28)31-23-10-6-5-9-22(23)30-25(31)21-13-11-20(12-14-21)19(3)32/h5-6,9-14,18,24H,4,7-8,15-17H2,1-3H3,(H2,29,34). The number of hydrogen-bond donors (Lipinski definition) is 1. The third-order valence-corrected chi connectivity index (χ3v) is 6.83. The first-order valence-corrected chi connectivity index (χ1v) is 12.3. The van der Waals surface area contributed by atoms with Crippen molar-refractivity contribution in [2.75, 3.05) is 0 Å². The highest BCUT2D eigenvalue weighted by atomic mass is 16.6. The Kier molecular flexibility index (Phi) is 7.05. The molecule has 1 fully saturated rings. The maximum atomic E-state index is 13.8. The number of amides is 1. The van der Waals surface area contributed by atoms with E-state index in [-0.39, 0.29) is 11.7 Å². The van der Waals surface area contributed by atoms with Crippen molar-refractivity contribution in [3.8, 4) is 11.4 Å². The Bertz CT molecular complexity index is 1240. The molecule has 0 radical (unpaired) electrons. The molecule has 3 aromatic rings. The van der Waals surface area contributed by atoms with Gasteiger partial charge in [-0.25, -0.2) is 9.78 Å². The van der Waals surface area contributed by atoms with Gasteiger partial charge in [0.1, 0.15) is 11.9 Å². The molecule has 0 bridgehead atoms. The van der Waals surface area contributed by atoms with Gasteiger partial charge in [0.05, 0.1) is 11.0 Å². The highest BCUT2D eigenvalue weighted by Crippen LogP contribution is 2.36. The van der Waals surface area contributed by atoms with Crippen molar-refractivity contribution < 1.29 is 19.1 Å². The SMILES string of the molecule is CC(=O)c1ccc(-c2nc3ccccc3n2C(CC(C)C)C(=O)OC2(C(N)=O)CCCCC2)cc1. The molecular formula is C28H33N3O4. The molecule has 2 N–H and O–H groups in total. The quantitative estimate of drug-likeness (QED) is 0.355. The summed E-state index contributed by atoms with van der Waals surface area (Å²) in [5.74, 6) is -0.276. The van der Waals surface area contributed by atoms with Crippen LogP contribution >= 0.6 is 0 Å². The number of para-hydroxylation sites is 2. The van der Waals surface area contributed by atoms with E-state index >= 15 is 0 Å². The number of ketones is 1. The Morgan fingerprint density at radius 2 is 1.69 bits per heavy atom. The maximum Gasteiger partial charge on any atom is 0.330 e. The van der Waals surface area contributed by atoms with Crippen LogP contribution in [0.15, 0.2) is 48.5 Å². The summed E-state index contributed by atoms with van der Waals surface area (Å²) in [5.41, 5.74) is 7.45. The molecule has 1 amide bonds.